The molecule has 0 aromatic carbocycles. The first-order valence-electron chi connectivity index (χ1n) is 6.16. The first-order valence-corrected chi connectivity index (χ1v) is 6.16. The molecule has 0 amide bonds. The molecule has 1 aromatic heterocycles. The summed E-state index contributed by atoms with van der Waals surface area (Å²) >= 11 is 0. The van der Waals surface area contributed by atoms with Gasteiger partial charge in [-0.3, -0.25) is 4.98 Å². The van der Waals surface area contributed by atoms with Gasteiger partial charge in [0.15, 0.2) is 0 Å². The highest BCUT2D eigenvalue weighted by molar-refractivity contribution is 5.56. The van der Waals surface area contributed by atoms with Crippen molar-refractivity contribution in [2.75, 3.05) is 38.3 Å². The van der Waals surface area contributed by atoms with Gasteiger partial charge in [-0.25, -0.2) is 0 Å². The van der Waals surface area contributed by atoms with Gasteiger partial charge >= 0.3 is 0 Å². The summed E-state index contributed by atoms with van der Waals surface area (Å²) in [5.41, 5.74) is 9.80. The zero-order chi connectivity index (χ0) is 13.5. The first-order chi connectivity index (χ1) is 8.63. The number of aromatic nitrogens is 1. The maximum absolute atomic E-state index is 9.17. The molecule has 5 nitrogen and oxygen atoms in total. The lowest BCUT2D eigenvalue weighted by Gasteiger charge is -2.27. The Kier molecular flexibility index (Phi) is 6.04. The average molecular weight is 253 g/mol. The van der Waals surface area contributed by atoms with Crippen LogP contribution in [0.25, 0.3) is 0 Å². The largest absolute Gasteiger partial charge is 0.395 e. The number of pyridine rings is 1. The van der Waals surface area contributed by atoms with Crippen molar-refractivity contribution in [3.63, 3.8) is 0 Å². The number of hydrogen-bond acceptors (Lipinski definition) is 5. The third-order valence-corrected chi connectivity index (χ3v) is 2.92. The number of anilines is 1. The molecule has 0 saturated heterocycles. The minimum Gasteiger partial charge on any atom is -0.395 e. The van der Waals surface area contributed by atoms with Gasteiger partial charge in [-0.15, -0.1) is 0 Å². The van der Waals surface area contributed by atoms with Gasteiger partial charge in [-0.05, 0) is 19.9 Å². The molecule has 0 aliphatic rings. The number of aliphatic hydroxyl groups excluding tert-OH is 1. The molecule has 0 saturated carbocycles. The zero-order valence-corrected chi connectivity index (χ0v) is 11.4. The highest BCUT2D eigenvalue weighted by Crippen LogP contribution is 2.23. The van der Waals surface area contributed by atoms with E-state index >= 15 is 0 Å². The lowest BCUT2D eigenvalue weighted by molar-refractivity contribution is 0.203. The zero-order valence-electron chi connectivity index (χ0n) is 11.4. The van der Waals surface area contributed by atoms with Crippen molar-refractivity contribution in [2.45, 2.75) is 20.4 Å². The van der Waals surface area contributed by atoms with Crippen LogP contribution in [0.1, 0.15) is 17.0 Å². The SMILES string of the molecule is COCCN(CCO)c1cc(C)nc(C)c1CN. The number of hydrogen-bond donors (Lipinski definition) is 2. The third kappa shape index (κ3) is 3.66. The topological polar surface area (TPSA) is 71.6 Å². The Balaban J connectivity index is 3.08. The molecule has 18 heavy (non-hydrogen) atoms. The Morgan fingerprint density at radius 2 is 2.11 bits per heavy atom. The van der Waals surface area contributed by atoms with Crippen LogP contribution in [0.2, 0.25) is 0 Å². The van der Waals surface area contributed by atoms with Crippen LogP contribution >= 0.6 is 0 Å². The predicted octanol–water partition coefficient (Wildman–Crippen LogP) is 0.602. The van der Waals surface area contributed by atoms with Gasteiger partial charge < -0.3 is 20.5 Å². The summed E-state index contributed by atoms with van der Waals surface area (Å²) < 4.78 is 5.10. The van der Waals surface area contributed by atoms with E-state index in [2.05, 4.69) is 9.88 Å². The maximum Gasteiger partial charge on any atom is 0.0637 e. The van der Waals surface area contributed by atoms with E-state index in [1.54, 1.807) is 7.11 Å². The van der Waals surface area contributed by atoms with Crippen molar-refractivity contribution in [1.82, 2.24) is 4.98 Å². The van der Waals surface area contributed by atoms with E-state index in [0.717, 1.165) is 29.2 Å². The fourth-order valence-corrected chi connectivity index (χ4v) is 2.04. The van der Waals surface area contributed by atoms with E-state index in [9.17, 15) is 5.11 Å². The molecule has 0 spiro atoms. The molecule has 0 atom stereocenters. The Labute approximate surface area is 109 Å². The second-order valence-electron chi connectivity index (χ2n) is 4.25. The number of nitrogens with two attached hydrogens (primary N) is 1. The van der Waals surface area contributed by atoms with Crippen molar-refractivity contribution in [2.24, 2.45) is 5.73 Å². The minimum absolute atomic E-state index is 0.105. The molecular weight excluding hydrogens is 230 g/mol. The first kappa shape index (κ1) is 14.9. The Morgan fingerprint density at radius 3 is 2.67 bits per heavy atom. The van der Waals surface area contributed by atoms with E-state index in [4.69, 9.17) is 10.5 Å². The van der Waals surface area contributed by atoms with Crippen LogP contribution in [-0.2, 0) is 11.3 Å². The van der Waals surface area contributed by atoms with Crippen LogP contribution in [-0.4, -0.2) is 43.5 Å². The summed E-state index contributed by atoms with van der Waals surface area (Å²) in [5.74, 6) is 0. The molecule has 3 N–H and O–H groups in total. The van der Waals surface area contributed by atoms with Gasteiger partial charge in [0.25, 0.3) is 0 Å². The molecule has 1 rings (SSSR count). The molecule has 1 heterocycles. The lowest BCUT2D eigenvalue weighted by atomic mass is 10.1. The van der Waals surface area contributed by atoms with Gasteiger partial charge in [0.1, 0.15) is 0 Å². The van der Waals surface area contributed by atoms with Gasteiger partial charge in [-0.2, -0.15) is 0 Å². The quantitative estimate of drug-likeness (QED) is 0.744. The summed E-state index contributed by atoms with van der Waals surface area (Å²) in [5, 5.41) is 9.17. The van der Waals surface area contributed by atoms with E-state index in [1.165, 1.54) is 0 Å². The molecular formula is C13H23N3O2. The molecule has 102 valence electrons. The van der Waals surface area contributed by atoms with Crippen LogP contribution < -0.4 is 10.6 Å². The van der Waals surface area contributed by atoms with Gasteiger partial charge in [0.05, 0.1) is 13.2 Å². The van der Waals surface area contributed by atoms with Crippen molar-refractivity contribution in [3.8, 4) is 0 Å². The van der Waals surface area contributed by atoms with E-state index in [-0.39, 0.29) is 6.61 Å². The summed E-state index contributed by atoms with van der Waals surface area (Å²) in [7, 11) is 1.67. The maximum atomic E-state index is 9.17. The fraction of sp³-hybridized carbons (Fsp3) is 0.615. The lowest BCUT2D eigenvalue weighted by Crippen LogP contribution is -2.31. The van der Waals surface area contributed by atoms with Gasteiger partial charge in [-0.1, -0.05) is 0 Å². The number of aliphatic hydroxyl groups is 1. The summed E-state index contributed by atoms with van der Waals surface area (Å²) in [6.07, 6.45) is 0. The van der Waals surface area contributed by atoms with E-state index in [0.29, 0.717) is 19.7 Å². The van der Waals surface area contributed by atoms with Crippen molar-refractivity contribution in [3.05, 3.63) is 23.0 Å². The van der Waals surface area contributed by atoms with Crippen molar-refractivity contribution < 1.29 is 9.84 Å². The molecule has 0 bridgehead atoms. The van der Waals surface area contributed by atoms with E-state index < -0.39 is 0 Å². The molecule has 0 aliphatic carbocycles. The number of ether oxygens (including phenoxy) is 1. The Hall–Kier alpha value is -1.17. The smallest absolute Gasteiger partial charge is 0.0637 e. The predicted molar refractivity (Wildman–Crippen MR) is 72.8 cm³/mol. The van der Waals surface area contributed by atoms with Crippen LogP contribution in [0.5, 0.6) is 0 Å². The van der Waals surface area contributed by atoms with E-state index in [1.807, 2.05) is 19.9 Å². The highest BCUT2D eigenvalue weighted by Gasteiger charge is 2.13. The standard InChI is InChI=1S/C13H23N3O2/c1-10-8-13(12(9-14)11(2)15-10)16(4-6-17)5-7-18-3/h8,17H,4-7,9,14H2,1-3H3. The van der Waals surface area contributed by atoms with Crippen LogP contribution in [0, 0.1) is 13.8 Å². The minimum atomic E-state index is 0.105. The number of methoxy groups -OCH3 is 1. The summed E-state index contributed by atoms with van der Waals surface area (Å²) in [6.45, 7) is 6.39. The fourth-order valence-electron chi connectivity index (χ4n) is 2.04. The summed E-state index contributed by atoms with van der Waals surface area (Å²) in [4.78, 5) is 6.52. The summed E-state index contributed by atoms with van der Waals surface area (Å²) in [6, 6.07) is 2.01. The van der Waals surface area contributed by atoms with Gasteiger partial charge in [0, 0.05) is 49.4 Å². The van der Waals surface area contributed by atoms with Crippen molar-refractivity contribution in [1.29, 1.82) is 0 Å². The molecule has 0 unspecified atom stereocenters. The molecule has 5 heteroatoms. The Morgan fingerprint density at radius 1 is 1.39 bits per heavy atom. The second kappa shape index (κ2) is 7.31. The second-order valence-corrected chi connectivity index (χ2v) is 4.25. The third-order valence-electron chi connectivity index (χ3n) is 2.92. The normalized spacial score (nSPS) is 10.7. The number of aryl methyl sites for hydroxylation is 2. The van der Waals surface area contributed by atoms with Crippen LogP contribution in [0.4, 0.5) is 5.69 Å². The van der Waals surface area contributed by atoms with Gasteiger partial charge in [0.2, 0.25) is 0 Å². The highest BCUT2D eigenvalue weighted by atomic mass is 16.5. The van der Waals surface area contributed by atoms with Crippen molar-refractivity contribution >= 4 is 5.69 Å². The number of rotatable bonds is 7. The molecule has 0 aliphatic heterocycles. The van der Waals surface area contributed by atoms with Crippen LogP contribution in [0.15, 0.2) is 6.07 Å². The molecule has 1 aromatic rings. The Bertz CT molecular complexity index is 383. The monoisotopic (exact) mass is 253 g/mol. The molecule has 0 fully saturated rings. The average Bonchev–Trinajstić information content (AvgIpc) is 2.33. The molecule has 0 radical (unpaired) electrons. The van der Waals surface area contributed by atoms with Crippen LogP contribution in [0.3, 0.4) is 0 Å². The number of nitrogens with zero attached hydrogens (tertiary/aromatic N) is 2.